The van der Waals surface area contributed by atoms with Crippen LogP contribution in [0.5, 0.6) is 17.2 Å². The summed E-state index contributed by atoms with van der Waals surface area (Å²) in [7, 11) is 3.23. The minimum atomic E-state index is -0.431. The molecule has 146 valence electrons. The molecule has 1 aliphatic rings. The Morgan fingerprint density at radius 2 is 1.69 bits per heavy atom. The van der Waals surface area contributed by atoms with Crippen LogP contribution in [0.3, 0.4) is 0 Å². The van der Waals surface area contributed by atoms with Crippen LogP contribution in [0.15, 0.2) is 18.2 Å². The quantitative estimate of drug-likeness (QED) is 0.768. The van der Waals surface area contributed by atoms with E-state index in [1.807, 2.05) is 36.9 Å². The van der Waals surface area contributed by atoms with E-state index < -0.39 is 5.41 Å². The van der Waals surface area contributed by atoms with Crippen LogP contribution in [0, 0.1) is 5.41 Å². The van der Waals surface area contributed by atoms with Crippen molar-refractivity contribution in [3.05, 3.63) is 18.2 Å². The number of amides is 1. The first-order chi connectivity index (χ1) is 12.5. The van der Waals surface area contributed by atoms with Crippen LogP contribution >= 0.6 is 0 Å². The van der Waals surface area contributed by atoms with Crippen LogP contribution in [-0.2, 0) is 4.79 Å². The summed E-state index contributed by atoms with van der Waals surface area (Å²) in [4.78, 5) is 14.9. The van der Waals surface area contributed by atoms with Gasteiger partial charge in [0.1, 0.15) is 6.10 Å². The van der Waals surface area contributed by atoms with Gasteiger partial charge in [0.05, 0.1) is 19.6 Å². The summed E-state index contributed by atoms with van der Waals surface area (Å²) >= 11 is 0. The molecule has 2 N–H and O–H groups in total. The molecule has 2 rings (SSSR count). The Bertz CT molecular complexity index is 563. The number of carbonyl (C=O) groups is 1. The molecule has 0 bridgehead atoms. The number of ether oxygens (including phenoxy) is 3. The first-order valence-electron chi connectivity index (χ1n) is 9.42. The molecule has 0 atom stereocenters. The number of carbonyl (C=O) groups excluding carboxylic acids is 1. The number of nitrogens with zero attached hydrogens (tertiary/aromatic N) is 1. The number of hydrogen-bond donors (Lipinski definition) is 1. The Morgan fingerprint density at radius 1 is 1.15 bits per heavy atom. The molecule has 1 amide bonds. The second-order valence-electron chi connectivity index (χ2n) is 6.79. The number of piperidine rings is 1. The van der Waals surface area contributed by atoms with Crippen molar-refractivity contribution in [1.82, 2.24) is 4.90 Å². The van der Waals surface area contributed by atoms with E-state index in [1.54, 1.807) is 14.2 Å². The molecule has 0 radical (unpaired) electrons. The van der Waals surface area contributed by atoms with E-state index in [1.165, 1.54) is 0 Å². The van der Waals surface area contributed by atoms with E-state index in [4.69, 9.17) is 19.9 Å². The van der Waals surface area contributed by atoms with Crippen LogP contribution in [0.25, 0.3) is 0 Å². The average Bonchev–Trinajstić information content (AvgIpc) is 2.70. The van der Waals surface area contributed by atoms with Gasteiger partial charge in [0.2, 0.25) is 11.7 Å². The molecular formula is C20H32N2O4. The smallest absolute Gasteiger partial charge is 0.230 e. The Hall–Kier alpha value is -1.95. The molecule has 1 aromatic carbocycles. The summed E-state index contributed by atoms with van der Waals surface area (Å²) in [5.74, 6) is 2.11. The van der Waals surface area contributed by atoms with Crippen molar-refractivity contribution >= 4 is 5.91 Å². The van der Waals surface area contributed by atoms with Gasteiger partial charge in [-0.1, -0.05) is 19.9 Å². The highest BCUT2D eigenvalue weighted by atomic mass is 16.5. The second kappa shape index (κ2) is 9.12. The van der Waals surface area contributed by atoms with Crippen LogP contribution in [-0.4, -0.2) is 50.8 Å². The van der Waals surface area contributed by atoms with Gasteiger partial charge in [-0.25, -0.2) is 0 Å². The highest BCUT2D eigenvalue weighted by Crippen LogP contribution is 2.38. The molecule has 0 aliphatic carbocycles. The molecule has 1 heterocycles. The van der Waals surface area contributed by atoms with Gasteiger partial charge in [0.15, 0.2) is 11.5 Å². The van der Waals surface area contributed by atoms with Gasteiger partial charge in [-0.2, -0.15) is 0 Å². The van der Waals surface area contributed by atoms with Gasteiger partial charge >= 0.3 is 0 Å². The standard InChI is InChI=1S/C20H32N2O4/c1-5-20(6-2,14-21)19(23)22-12-10-15(11-13-22)26-18-16(24-3)8-7-9-17(18)25-4/h7-9,15H,5-6,10-14,21H2,1-4H3. The normalized spacial score (nSPS) is 15.7. The van der Waals surface area contributed by atoms with Crippen LogP contribution < -0.4 is 19.9 Å². The van der Waals surface area contributed by atoms with Gasteiger partial charge < -0.3 is 24.8 Å². The van der Waals surface area contributed by atoms with Gasteiger partial charge in [-0.3, -0.25) is 4.79 Å². The maximum Gasteiger partial charge on any atom is 0.230 e. The average molecular weight is 364 g/mol. The number of para-hydroxylation sites is 1. The Morgan fingerprint density at radius 3 is 2.12 bits per heavy atom. The molecule has 0 spiro atoms. The number of likely N-dealkylation sites (tertiary alicyclic amines) is 1. The van der Waals surface area contributed by atoms with E-state index >= 15 is 0 Å². The van der Waals surface area contributed by atoms with E-state index in [2.05, 4.69) is 0 Å². The summed E-state index contributed by atoms with van der Waals surface area (Å²) < 4.78 is 17.0. The molecule has 0 unspecified atom stereocenters. The van der Waals surface area contributed by atoms with E-state index in [-0.39, 0.29) is 12.0 Å². The molecule has 0 saturated carbocycles. The number of benzene rings is 1. The third-order valence-corrected chi connectivity index (χ3v) is 5.59. The molecule has 1 aliphatic heterocycles. The van der Waals surface area contributed by atoms with Gasteiger partial charge in [0.25, 0.3) is 0 Å². The Kier molecular flexibility index (Phi) is 7.14. The minimum Gasteiger partial charge on any atom is -0.493 e. The van der Waals surface area contributed by atoms with Crippen molar-refractivity contribution in [2.45, 2.75) is 45.6 Å². The predicted molar refractivity (Wildman–Crippen MR) is 102 cm³/mol. The zero-order valence-electron chi connectivity index (χ0n) is 16.4. The molecule has 1 fully saturated rings. The van der Waals surface area contributed by atoms with E-state index in [0.29, 0.717) is 36.9 Å². The Labute approximate surface area is 156 Å². The number of hydrogen-bond acceptors (Lipinski definition) is 5. The maximum atomic E-state index is 12.9. The van der Waals surface area contributed by atoms with Crippen molar-refractivity contribution < 1.29 is 19.0 Å². The lowest BCUT2D eigenvalue weighted by molar-refractivity contribution is -0.144. The fourth-order valence-electron chi connectivity index (χ4n) is 3.54. The largest absolute Gasteiger partial charge is 0.493 e. The maximum absolute atomic E-state index is 12.9. The SMILES string of the molecule is CCC(CC)(CN)C(=O)N1CCC(Oc2c(OC)cccc2OC)CC1. The van der Waals surface area contributed by atoms with Gasteiger partial charge in [-0.15, -0.1) is 0 Å². The summed E-state index contributed by atoms with van der Waals surface area (Å²) in [5, 5.41) is 0. The first kappa shape index (κ1) is 20.4. The van der Waals surface area contributed by atoms with Crippen molar-refractivity contribution in [2.75, 3.05) is 33.9 Å². The van der Waals surface area contributed by atoms with E-state index in [0.717, 1.165) is 25.7 Å². The van der Waals surface area contributed by atoms with Crippen LogP contribution in [0.1, 0.15) is 39.5 Å². The molecule has 1 aromatic rings. The fourth-order valence-corrected chi connectivity index (χ4v) is 3.54. The molecule has 0 aromatic heterocycles. The second-order valence-corrected chi connectivity index (χ2v) is 6.79. The zero-order valence-corrected chi connectivity index (χ0v) is 16.4. The van der Waals surface area contributed by atoms with Crippen molar-refractivity contribution in [3.63, 3.8) is 0 Å². The molecule has 1 saturated heterocycles. The molecule has 6 nitrogen and oxygen atoms in total. The van der Waals surface area contributed by atoms with E-state index in [9.17, 15) is 4.79 Å². The van der Waals surface area contributed by atoms with Crippen molar-refractivity contribution in [2.24, 2.45) is 11.1 Å². The molecular weight excluding hydrogens is 332 g/mol. The minimum absolute atomic E-state index is 0.0276. The van der Waals surface area contributed by atoms with Crippen LogP contribution in [0.4, 0.5) is 0 Å². The summed E-state index contributed by atoms with van der Waals surface area (Å²) in [6, 6.07) is 5.58. The third kappa shape index (κ3) is 4.06. The number of methoxy groups -OCH3 is 2. The van der Waals surface area contributed by atoms with Crippen molar-refractivity contribution in [1.29, 1.82) is 0 Å². The predicted octanol–water partition coefficient (Wildman–Crippen LogP) is 2.84. The lowest BCUT2D eigenvalue weighted by Crippen LogP contribution is -2.51. The summed E-state index contributed by atoms with van der Waals surface area (Å²) in [5.41, 5.74) is 5.50. The fraction of sp³-hybridized carbons (Fsp3) is 0.650. The summed E-state index contributed by atoms with van der Waals surface area (Å²) in [6.07, 6.45) is 3.13. The highest BCUT2D eigenvalue weighted by molar-refractivity contribution is 5.83. The van der Waals surface area contributed by atoms with Crippen LogP contribution in [0.2, 0.25) is 0 Å². The number of nitrogens with two attached hydrogens (primary N) is 1. The lowest BCUT2D eigenvalue weighted by atomic mass is 9.80. The topological polar surface area (TPSA) is 74.0 Å². The lowest BCUT2D eigenvalue weighted by Gasteiger charge is -2.39. The molecule has 6 heteroatoms. The monoisotopic (exact) mass is 364 g/mol. The first-order valence-corrected chi connectivity index (χ1v) is 9.42. The van der Waals surface area contributed by atoms with Gasteiger partial charge in [0, 0.05) is 32.5 Å². The number of rotatable bonds is 8. The summed E-state index contributed by atoms with van der Waals surface area (Å²) in [6.45, 7) is 5.84. The molecule has 26 heavy (non-hydrogen) atoms. The Balaban J connectivity index is 2.02. The van der Waals surface area contributed by atoms with Gasteiger partial charge in [-0.05, 0) is 25.0 Å². The third-order valence-electron chi connectivity index (χ3n) is 5.59. The highest BCUT2D eigenvalue weighted by Gasteiger charge is 2.38. The van der Waals surface area contributed by atoms with Crippen molar-refractivity contribution in [3.8, 4) is 17.2 Å². The zero-order chi connectivity index (χ0) is 19.2.